The van der Waals surface area contributed by atoms with Gasteiger partial charge >= 0.3 is 5.97 Å². The Kier molecular flexibility index (Phi) is 4.38. The number of carbonyl (C=O) groups excluding carboxylic acids is 1. The van der Waals surface area contributed by atoms with Gasteiger partial charge in [-0.25, -0.2) is 0 Å². The summed E-state index contributed by atoms with van der Waals surface area (Å²) in [4.78, 5) is 11.6. The zero-order valence-corrected chi connectivity index (χ0v) is 16.4. The lowest BCUT2D eigenvalue weighted by atomic mass is 9.44. The third-order valence-corrected chi connectivity index (χ3v) is 9.10. The van der Waals surface area contributed by atoms with Crippen molar-refractivity contribution in [1.29, 1.82) is 5.26 Å². The molecule has 0 bridgehead atoms. The van der Waals surface area contributed by atoms with Crippen LogP contribution in [-0.4, -0.2) is 23.3 Å². The van der Waals surface area contributed by atoms with E-state index in [1.807, 2.05) is 0 Å². The van der Waals surface area contributed by atoms with E-state index in [-0.39, 0.29) is 28.8 Å². The fraction of sp³-hybridized carbons (Fsp3) is 0.909. The topological polar surface area (TPSA) is 70.3 Å². The van der Waals surface area contributed by atoms with E-state index in [9.17, 15) is 15.2 Å². The van der Waals surface area contributed by atoms with E-state index in [1.165, 1.54) is 32.6 Å². The standard InChI is InChI=1S/C22H33NO3/c1-13(24)26-20-7-6-17-16-5-4-15-10-19(25)14(12-23)11-22(15,3)18(16)8-9-21(17,20)2/h14-20,25H,4-11H2,1-3H3/t14-,15+,16?,17?,18?,19+,20+,21+,22+/m1/s1. The maximum atomic E-state index is 11.6. The largest absolute Gasteiger partial charge is 0.462 e. The molecule has 0 aromatic rings. The Bertz CT molecular complexity index is 627. The van der Waals surface area contributed by atoms with Crippen molar-refractivity contribution >= 4 is 5.97 Å². The molecule has 4 saturated carbocycles. The lowest BCUT2D eigenvalue weighted by Crippen LogP contribution is -2.56. The van der Waals surface area contributed by atoms with Crippen LogP contribution in [0.25, 0.3) is 0 Å². The molecule has 0 radical (unpaired) electrons. The van der Waals surface area contributed by atoms with Crippen molar-refractivity contribution in [2.45, 2.75) is 84.3 Å². The molecule has 26 heavy (non-hydrogen) atoms. The predicted molar refractivity (Wildman–Crippen MR) is 97.8 cm³/mol. The predicted octanol–water partition coefficient (Wildman–Crippen LogP) is 4.07. The molecule has 9 atom stereocenters. The molecule has 4 aliphatic carbocycles. The minimum Gasteiger partial charge on any atom is -0.462 e. The van der Waals surface area contributed by atoms with Gasteiger partial charge in [0.05, 0.1) is 18.1 Å². The third-order valence-electron chi connectivity index (χ3n) is 9.10. The highest BCUT2D eigenvalue weighted by molar-refractivity contribution is 5.66. The lowest BCUT2D eigenvalue weighted by molar-refractivity contribution is -0.165. The number of carbonyl (C=O) groups is 1. The highest BCUT2D eigenvalue weighted by Crippen LogP contribution is 2.67. The van der Waals surface area contributed by atoms with Gasteiger partial charge in [-0.3, -0.25) is 4.79 Å². The first-order valence-electron chi connectivity index (χ1n) is 10.5. The van der Waals surface area contributed by atoms with Crippen LogP contribution in [0.2, 0.25) is 0 Å². The fourth-order valence-electron chi connectivity index (χ4n) is 7.78. The molecule has 3 unspecified atom stereocenters. The van der Waals surface area contributed by atoms with Crippen LogP contribution in [-0.2, 0) is 9.53 Å². The lowest BCUT2D eigenvalue weighted by Gasteiger charge is -2.61. The summed E-state index contributed by atoms with van der Waals surface area (Å²) in [6.07, 6.45) is 8.18. The van der Waals surface area contributed by atoms with Crippen molar-refractivity contribution in [2.24, 2.45) is 40.4 Å². The first kappa shape index (κ1) is 18.3. The smallest absolute Gasteiger partial charge is 0.302 e. The van der Waals surface area contributed by atoms with Gasteiger partial charge in [0.15, 0.2) is 0 Å². The van der Waals surface area contributed by atoms with Crippen LogP contribution in [0.15, 0.2) is 0 Å². The zero-order valence-electron chi connectivity index (χ0n) is 16.4. The van der Waals surface area contributed by atoms with E-state index in [2.05, 4.69) is 19.9 Å². The number of ether oxygens (including phenoxy) is 1. The van der Waals surface area contributed by atoms with Crippen LogP contribution in [0.3, 0.4) is 0 Å². The molecule has 4 heteroatoms. The number of fused-ring (bicyclic) bond motifs is 5. The van der Waals surface area contributed by atoms with Crippen molar-refractivity contribution in [3.63, 3.8) is 0 Å². The summed E-state index contributed by atoms with van der Waals surface area (Å²) in [7, 11) is 0. The van der Waals surface area contributed by atoms with Gasteiger partial charge in [-0.05, 0) is 80.5 Å². The van der Waals surface area contributed by atoms with Gasteiger partial charge in [-0.2, -0.15) is 5.26 Å². The third kappa shape index (κ3) is 2.53. The molecular formula is C22H33NO3. The molecule has 0 amide bonds. The van der Waals surface area contributed by atoms with E-state index >= 15 is 0 Å². The van der Waals surface area contributed by atoms with Crippen LogP contribution in [0.1, 0.15) is 72.1 Å². The second-order valence-electron chi connectivity index (χ2n) is 10.1. The van der Waals surface area contributed by atoms with Crippen LogP contribution >= 0.6 is 0 Å². The summed E-state index contributed by atoms with van der Waals surface area (Å²) < 4.78 is 5.73. The highest BCUT2D eigenvalue weighted by atomic mass is 16.5. The quantitative estimate of drug-likeness (QED) is 0.716. The Balaban J connectivity index is 1.59. The van der Waals surface area contributed by atoms with Crippen molar-refractivity contribution in [1.82, 2.24) is 0 Å². The van der Waals surface area contributed by atoms with Gasteiger partial charge in [0.1, 0.15) is 6.10 Å². The number of aliphatic hydroxyl groups excluding tert-OH is 1. The second kappa shape index (κ2) is 6.23. The molecule has 4 nitrogen and oxygen atoms in total. The Hall–Kier alpha value is -1.08. The van der Waals surface area contributed by atoms with Crippen LogP contribution in [0.4, 0.5) is 0 Å². The molecule has 0 spiro atoms. The van der Waals surface area contributed by atoms with E-state index in [0.29, 0.717) is 23.7 Å². The number of rotatable bonds is 1. The molecule has 4 fully saturated rings. The monoisotopic (exact) mass is 359 g/mol. The van der Waals surface area contributed by atoms with Crippen LogP contribution in [0, 0.1) is 51.8 Å². The first-order valence-corrected chi connectivity index (χ1v) is 10.5. The van der Waals surface area contributed by atoms with Crippen molar-refractivity contribution in [3.05, 3.63) is 0 Å². The molecule has 0 aromatic carbocycles. The van der Waals surface area contributed by atoms with E-state index in [4.69, 9.17) is 4.74 Å². The summed E-state index contributed by atoms with van der Waals surface area (Å²) in [6, 6.07) is 2.38. The maximum absolute atomic E-state index is 11.6. The Morgan fingerprint density at radius 3 is 2.54 bits per heavy atom. The summed E-state index contributed by atoms with van der Waals surface area (Å²) in [5, 5.41) is 19.9. The number of aliphatic hydroxyl groups is 1. The van der Waals surface area contributed by atoms with Gasteiger partial charge in [-0.15, -0.1) is 0 Å². The second-order valence-corrected chi connectivity index (χ2v) is 10.1. The maximum Gasteiger partial charge on any atom is 0.302 e. The average Bonchev–Trinajstić information content (AvgIpc) is 2.91. The Labute approximate surface area is 157 Å². The van der Waals surface area contributed by atoms with Gasteiger partial charge in [-0.1, -0.05) is 13.8 Å². The number of nitriles is 1. The number of nitrogens with zero attached hydrogens (tertiary/aromatic N) is 1. The number of hydrogen-bond donors (Lipinski definition) is 1. The van der Waals surface area contributed by atoms with Gasteiger partial charge in [0.2, 0.25) is 0 Å². The molecule has 144 valence electrons. The van der Waals surface area contributed by atoms with Crippen LogP contribution in [0.5, 0.6) is 0 Å². The molecule has 1 N–H and O–H groups in total. The molecule has 0 heterocycles. The van der Waals surface area contributed by atoms with Gasteiger partial charge < -0.3 is 9.84 Å². The Morgan fingerprint density at radius 2 is 1.85 bits per heavy atom. The van der Waals surface area contributed by atoms with Gasteiger partial charge in [0, 0.05) is 12.3 Å². The summed E-state index contributed by atoms with van der Waals surface area (Å²) in [5.74, 6) is 2.17. The number of esters is 1. The molecule has 4 aliphatic rings. The molecule has 4 rings (SSSR count). The number of hydrogen-bond acceptors (Lipinski definition) is 4. The first-order chi connectivity index (χ1) is 12.3. The fourth-order valence-corrected chi connectivity index (χ4v) is 7.78. The van der Waals surface area contributed by atoms with Crippen molar-refractivity contribution < 1.29 is 14.6 Å². The summed E-state index contributed by atoms with van der Waals surface area (Å²) >= 11 is 0. The van der Waals surface area contributed by atoms with Crippen molar-refractivity contribution in [2.75, 3.05) is 0 Å². The molecule has 0 aromatic heterocycles. The van der Waals surface area contributed by atoms with E-state index in [0.717, 1.165) is 25.7 Å². The highest BCUT2D eigenvalue weighted by Gasteiger charge is 2.61. The Morgan fingerprint density at radius 1 is 1.12 bits per heavy atom. The molecule has 0 aliphatic heterocycles. The van der Waals surface area contributed by atoms with Crippen LogP contribution < -0.4 is 0 Å². The summed E-state index contributed by atoms with van der Waals surface area (Å²) in [5.41, 5.74) is 0.308. The minimum absolute atomic E-state index is 0.0801. The summed E-state index contributed by atoms with van der Waals surface area (Å²) in [6.45, 7) is 6.29. The van der Waals surface area contributed by atoms with Gasteiger partial charge in [0.25, 0.3) is 0 Å². The molecular weight excluding hydrogens is 326 g/mol. The van der Waals surface area contributed by atoms with Crippen molar-refractivity contribution in [3.8, 4) is 6.07 Å². The SMILES string of the molecule is CC(=O)O[C@H]1CCC2C3CC[C@H]4C[C@H](O)[C@@H](C#N)C[C@]4(C)C3CC[C@@]21C. The molecule has 0 saturated heterocycles. The zero-order chi connectivity index (χ0) is 18.7. The minimum atomic E-state index is -0.441. The van der Waals surface area contributed by atoms with E-state index in [1.54, 1.807) is 0 Å². The van der Waals surface area contributed by atoms with E-state index < -0.39 is 6.10 Å². The average molecular weight is 360 g/mol. The normalized spacial score (nSPS) is 53.0.